The van der Waals surface area contributed by atoms with Gasteiger partial charge in [-0.1, -0.05) is 23.1 Å². The van der Waals surface area contributed by atoms with E-state index in [1.54, 1.807) is 19.1 Å². The van der Waals surface area contributed by atoms with Crippen LogP contribution in [-0.2, 0) is 14.8 Å². The van der Waals surface area contributed by atoms with E-state index in [1.807, 2.05) is 31.2 Å². The van der Waals surface area contributed by atoms with Gasteiger partial charge in [0.05, 0.1) is 16.8 Å². The third-order valence-corrected chi connectivity index (χ3v) is 9.23. The Morgan fingerprint density at radius 2 is 1.74 bits per heavy atom. The molecule has 1 unspecified atom stereocenters. The maximum absolute atomic E-state index is 12.7. The van der Waals surface area contributed by atoms with Gasteiger partial charge in [-0.2, -0.15) is 4.31 Å². The van der Waals surface area contributed by atoms with Gasteiger partial charge in [-0.3, -0.25) is 4.79 Å². The smallest absolute Gasteiger partial charge is 0.243 e. The SMILES string of the molecule is CCOc1ccc(Nc2nnc(SC(C)C(=O)Nc3ccc(S(=O)(=O)N4CCCC4)cc3)s2)cc1. The predicted octanol–water partition coefficient (Wildman–Crippen LogP) is 4.58. The average Bonchev–Trinajstić information content (AvgIpc) is 3.54. The van der Waals surface area contributed by atoms with Gasteiger partial charge in [0.25, 0.3) is 0 Å². The van der Waals surface area contributed by atoms with Crippen LogP contribution >= 0.6 is 23.1 Å². The zero-order valence-electron chi connectivity index (χ0n) is 19.4. The molecule has 186 valence electrons. The monoisotopic (exact) mass is 533 g/mol. The van der Waals surface area contributed by atoms with E-state index in [1.165, 1.54) is 39.5 Å². The first-order valence-electron chi connectivity index (χ1n) is 11.3. The van der Waals surface area contributed by atoms with Crippen LogP contribution < -0.4 is 15.4 Å². The van der Waals surface area contributed by atoms with Gasteiger partial charge in [0.1, 0.15) is 5.75 Å². The molecule has 1 atom stereocenters. The van der Waals surface area contributed by atoms with E-state index in [0.717, 1.165) is 24.3 Å². The van der Waals surface area contributed by atoms with Crippen molar-refractivity contribution in [3.05, 3.63) is 48.5 Å². The van der Waals surface area contributed by atoms with Gasteiger partial charge in [0.15, 0.2) is 4.34 Å². The fourth-order valence-electron chi connectivity index (χ4n) is 3.47. The molecule has 3 aromatic rings. The zero-order valence-corrected chi connectivity index (χ0v) is 21.9. The fourth-order valence-corrected chi connectivity index (χ4v) is 6.90. The number of nitrogens with zero attached hydrogens (tertiary/aromatic N) is 3. The summed E-state index contributed by atoms with van der Waals surface area (Å²) in [4.78, 5) is 12.9. The number of ether oxygens (including phenoxy) is 1. The number of carbonyl (C=O) groups is 1. The molecule has 2 heterocycles. The minimum atomic E-state index is -3.48. The molecule has 1 aromatic heterocycles. The summed E-state index contributed by atoms with van der Waals surface area (Å²) in [5.41, 5.74) is 1.40. The van der Waals surface area contributed by atoms with Gasteiger partial charge >= 0.3 is 0 Å². The predicted molar refractivity (Wildman–Crippen MR) is 139 cm³/mol. The number of aromatic nitrogens is 2. The standard InChI is InChI=1S/C23H27N5O4S3/c1-3-32-19-10-6-18(7-11-19)25-22-26-27-23(34-22)33-16(2)21(29)24-17-8-12-20(13-9-17)35(30,31)28-14-4-5-15-28/h6-13,16H,3-5,14-15H2,1-2H3,(H,24,29)(H,25,26). The summed E-state index contributed by atoms with van der Waals surface area (Å²) in [7, 11) is -3.48. The summed E-state index contributed by atoms with van der Waals surface area (Å²) < 4.78 is 32.9. The largest absolute Gasteiger partial charge is 0.494 e. The molecule has 0 saturated carbocycles. The molecule has 1 saturated heterocycles. The number of hydrogen-bond acceptors (Lipinski definition) is 9. The molecular weight excluding hydrogens is 506 g/mol. The van der Waals surface area contributed by atoms with Crippen LogP contribution in [-0.4, -0.2) is 53.8 Å². The number of hydrogen-bond donors (Lipinski definition) is 2. The van der Waals surface area contributed by atoms with Crippen LogP contribution in [0.3, 0.4) is 0 Å². The van der Waals surface area contributed by atoms with Crippen molar-refractivity contribution in [1.82, 2.24) is 14.5 Å². The van der Waals surface area contributed by atoms with E-state index >= 15 is 0 Å². The highest BCUT2D eigenvalue weighted by Crippen LogP contribution is 2.31. The third-order valence-electron chi connectivity index (χ3n) is 5.29. The van der Waals surface area contributed by atoms with Crippen molar-refractivity contribution in [3.63, 3.8) is 0 Å². The molecule has 0 radical (unpaired) electrons. The van der Waals surface area contributed by atoms with E-state index in [4.69, 9.17) is 4.74 Å². The Labute approximate surface area is 213 Å². The minimum Gasteiger partial charge on any atom is -0.494 e. The highest BCUT2D eigenvalue weighted by Gasteiger charge is 2.27. The van der Waals surface area contributed by atoms with Gasteiger partial charge in [0, 0.05) is 24.5 Å². The molecule has 0 spiro atoms. The summed E-state index contributed by atoms with van der Waals surface area (Å²) in [5, 5.41) is 14.5. The molecule has 9 nitrogen and oxygen atoms in total. The molecule has 1 aliphatic rings. The van der Waals surface area contributed by atoms with E-state index in [-0.39, 0.29) is 10.8 Å². The quantitative estimate of drug-likeness (QED) is 0.364. The molecule has 4 rings (SSSR count). The average molecular weight is 534 g/mol. The number of anilines is 3. The fraction of sp³-hybridized carbons (Fsp3) is 0.348. The molecule has 35 heavy (non-hydrogen) atoms. The Morgan fingerprint density at radius 1 is 1.09 bits per heavy atom. The van der Waals surface area contributed by atoms with Crippen molar-refractivity contribution in [3.8, 4) is 5.75 Å². The van der Waals surface area contributed by atoms with Crippen LogP contribution in [0.2, 0.25) is 0 Å². The molecule has 1 amide bonds. The maximum atomic E-state index is 12.7. The lowest BCUT2D eigenvalue weighted by molar-refractivity contribution is -0.115. The molecule has 1 aliphatic heterocycles. The summed E-state index contributed by atoms with van der Waals surface area (Å²) in [6, 6.07) is 13.8. The molecule has 12 heteroatoms. The number of carbonyl (C=O) groups excluding carboxylic acids is 1. The van der Waals surface area contributed by atoms with Crippen molar-refractivity contribution in [2.45, 2.75) is 41.2 Å². The second-order valence-corrected chi connectivity index (χ2v) is 12.3. The molecule has 2 N–H and O–H groups in total. The number of benzene rings is 2. The van der Waals surface area contributed by atoms with Crippen molar-refractivity contribution in [1.29, 1.82) is 0 Å². The Balaban J connectivity index is 1.30. The van der Waals surface area contributed by atoms with Crippen LogP contribution in [0.15, 0.2) is 57.8 Å². The molecule has 0 aliphatic carbocycles. The Morgan fingerprint density at radius 3 is 2.40 bits per heavy atom. The first-order valence-corrected chi connectivity index (χ1v) is 14.4. The number of rotatable bonds is 10. The molecule has 1 fully saturated rings. The molecule has 2 aromatic carbocycles. The van der Waals surface area contributed by atoms with Crippen LogP contribution in [0.5, 0.6) is 5.75 Å². The zero-order chi connectivity index (χ0) is 24.8. The van der Waals surface area contributed by atoms with Crippen LogP contribution in [0.1, 0.15) is 26.7 Å². The topological polar surface area (TPSA) is 114 Å². The molecular formula is C23H27N5O4S3. The van der Waals surface area contributed by atoms with Crippen LogP contribution in [0, 0.1) is 0 Å². The normalized spacial score (nSPS) is 15.0. The first-order chi connectivity index (χ1) is 16.8. The number of nitrogens with one attached hydrogen (secondary N) is 2. The summed E-state index contributed by atoms with van der Waals surface area (Å²) in [5.74, 6) is 0.593. The second-order valence-electron chi connectivity index (χ2n) is 7.84. The number of thioether (sulfide) groups is 1. The van der Waals surface area contributed by atoms with Crippen LogP contribution in [0.25, 0.3) is 0 Å². The number of amides is 1. The van der Waals surface area contributed by atoms with E-state index in [0.29, 0.717) is 34.9 Å². The third kappa shape index (κ3) is 6.51. The summed E-state index contributed by atoms with van der Waals surface area (Å²) >= 11 is 2.66. The number of sulfonamides is 1. The summed E-state index contributed by atoms with van der Waals surface area (Å²) in [6.45, 7) is 5.44. The van der Waals surface area contributed by atoms with Gasteiger partial charge < -0.3 is 15.4 Å². The van der Waals surface area contributed by atoms with Gasteiger partial charge in [0.2, 0.25) is 21.1 Å². The Kier molecular flexibility index (Phi) is 8.26. The maximum Gasteiger partial charge on any atom is 0.243 e. The minimum absolute atomic E-state index is 0.207. The van der Waals surface area contributed by atoms with E-state index < -0.39 is 15.3 Å². The Hall–Kier alpha value is -2.67. The highest BCUT2D eigenvalue weighted by molar-refractivity contribution is 8.02. The second kappa shape index (κ2) is 11.4. The van der Waals surface area contributed by atoms with Gasteiger partial charge in [-0.15, -0.1) is 10.2 Å². The lowest BCUT2D eigenvalue weighted by atomic mass is 10.3. The lowest BCUT2D eigenvalue weighted by Gasteiger charge is -2.16. The van der Waals surface area contributed by atoms with Crippen molar-refractivity contribution in [2.24, 2.45) is 0 Å². The van der Waals surface area contributed by atoms with Crippen molar-refractivity contribution >= 4 is 55.5 Å². The van der Waals surface area contributed by atoms with E-state index in [9.17, 15) is 13.2 Å². The van der Waals surface area contributed by atoms with Gasteiger partial charge in [-0.05, 0) is 75.2 Å². The van der Waals surface area contributed by atoms with Gasteiger partial charge in [-0.25, -0.2) is 8.42 Å². The van der Waals surface area contributed by atoms with Crippen molar-refractivity contribution in [2.75, 3.05) is 30.3 Å². The van der Waals surface area contributed by atoms with Crippen molar-refractivity contribution < 1.29 is 17.9 Å². The van der Waals surface area contributed by atoms with Crippen LogP contribution in [0.4, 0.5) is 16.5 Å². The molecule has 0 bridgehead atoms. The summed E-state index contributed by atoms with van der Waals surface area (Å²) in [6.07, 6.45) is 1.77. The first kappa shape index (κ1) is 25.4. The highest BCUT2D eigenvalue weighted by atomic mass is 32.2. The lowest BCUT2D eigenvalue weighted by Crippen LogP contribution is -2.27. The Bertz CT molecular complexity index is 1240. The van der Waals surface area contributed by atoms with E-state index in [2.05, 4.69) is 20.8 Å².